The molecule has 0 aliphatic heterocycles. The summed E-state index contributed by atoms with van der Waals surface area (Å²) in [7, 11) is 3.54. The van der Waals surface area contributed by atoms with Crippen molar-refractivity contribution in [3.05, 3.63) is 53.5 Å². The van der Waals surface area contributed by atoms with Gasteiger partial charge in [-0.3, -0.25) is 4.98 Å². The summed E-state index contributed by atoms with van der Waals surface area (Å²) in [6, 6.07) is 8.57. The van der Waals surface area contributed by atoms with Crippen molar-refractivity contribution in [1.29, 1.82) is 0 Å². The van der Waals surface area contributed by atoms with Crippen molar-refractivity contribution in [2.75, 3.05) is 14.2 Å². The number of benzene rings is 1. The number of likely N-dealkylation sites (N-methyl/N-ethyl adjacent to an activating group) is 1. The van der Waals surface area contributed by atoms with Crippen LogP contribution in [0.1, 0.15) is 22.9 Å². The Hall–Kier alpha value is -1.94. The van der Waals surface area contributed by atoms with Crippen LogP contribution in [0.15, 0.2) is 36.7 Å². The highest BCUT2D eigenvalue weighted by Gasteiger charge is 2.17. The molecule has 4 nitrogen and oxygen atoms in total. The molecule has 0 aliphatic carbocycles. The Morgan fingerprint density at radius 1 is 1.26 bits per heavy atom. The van der Waals surface area contributed by atoms with Crippen LogP contribution < -0.4 is 10.1 Å². The quantitative estimate of drug-likeness (QED) is 0.892. The fourth-order valence-corrected chi connectivity index (χ4v) is 2.14. The van der Waals surface area contributed by atoms with Crippen molar-refractivity contribution < 1.29 is 4.74 Å². The lowest BCUT2D eigenvalue weighted by molar-refractivity contribution is 0.379. The summed E-state index contributed by atoms with van der Waals surface area (Å²) in [4.78, 5) is 8.59. The first-order valence-corrected chi connectivity index (χ1v) is 6.32. The Morgan fingerprint density at radius 3 is 2.74 bits per heavy atom. The summed E-state index contributed by atoms with van der Waals surface area (Å²) in [5, 5.41) is 3.28. The van der Waals surface area contributed by atoms with E-state index in [1.165, 1.54) is 11.1 Å². The molecule has 1 heterocycles. The van der Waals surface area contributed by atoms with Crippen LogP contribution in [0.5, 0.6) is 5.88 Å². The number of ether oxygens (including phenoxy) is 1. The van der Waals surface area contributed by atoms with E-state index < -0.39 is 0 Å². The maximum absolute atomic E-state index is 5.28. The highest BCUT2D eigenvalue weighted by molar-refractivity contribution is 5.27. The molecule has 1 unspecified atom stereocenters. The van der Waals surface area contributed by atoms with Crippen LogP contribution in [0.3, 0.4) is 0 Å². The van der Waals surface area contributed by atoms with Gasteiger partial charge in [-0.2, -0.15) is 0 Å². The first-order chi connectivity index (χ1) is 9.24. The molecular weight excluding hydrogens is 238 g/mol. The van der Waals surface area contributed by atoms with Gasteiger partial charge in [-0.15, -0.1) is 0 Å². The van der Waals surface area contributed by atoms with Gasteiger partial charge < -0.3 is 10.1 Å². The third-order valence-corrected chi connectivity index (χ3v) is 3.09. The van der Waals surface area contributed by atoms with Crippen LogP contribution in [0.4, 0.5) is 0 Å². The van der Waals surface area contributed by atoms with E-state index in [0.29, 0.717) is 5.88 Å². The third kappa shape index (κ3) is 3.29. The van der Waals surface area contributed by atoms with E-state index in [1.54, 1.807) is 19.5 Å². The van der Waals surface area contributed by atoms with Crippen LogP contribution in [0.2, 0.25) is 0 Å². The second kappa shape index (κ2) is 6.29. The van der Waals surface area contributed by atoms with Gasteiger partial charge in [0.15, 0.2) is 0 Å². The van der Waals surface area contributed by atoms with Gasteiger partial charge in [-0.05, 0) is 26.0 Å². The van der Waals surface area contributed by atoms with E-state index in [9.17, 15) is 0 Å². The molecule has 1 N–H and O–H groups in total. The van der Waals surface area contributed by atoms with E-state index in [-0.39, 0.29) is 6.04 Å². The fraction of sp³-hybridized carbons (Fsp3) is 0.333. The van der Waals surface area contributed by atoms with Crippen LogP contribution in [-0.2, 0) is 6.42 Å². The van der Waals surface area contributed by atoms with Gasteiger partial charge >= 0.3 is 0 Å². The smallest absolute Gasteiger partial charge is 0.237 e. The Kier molecular flexibility index (Phi) is 4.47. The van der Waals surface area contributed by atoms with Gasteiger partial charge in [0, 0.05) is 12.4 Å². The minimum atomic E-state index is 0.0884. The lowest BCUT2D eigenvalue weighted by Gasteiger charge is -2.17. The van der Waals surface area contributed by atoms with Crippen molar-refractivity contribution in [2.45, 2.75) is 19.4 Å². The Bertz CT molecular complexity index is 542. The summed E-state index contributed by atoms with van der Waals surface area (Å²) in [6.45, 7) is 2.10. The highest BCUT2D eigenvalue weighted by atomic mass is 16.5. The molecule has 0 saturated carbocycles. The zero-order chi connectivity index (χ0) is 13.7. The summed E-state index contributed by atoms with van der Waals surface area (Å²) < 4.78 is 5.28. The van der Waals surface area contributed by atoms with Crippen LogP contribution in [-0.4, -0.2) is 24.1 Å². The van der Waals surface area contributed by atoms with E-state index in [0.717, 1.165) is 12.1 Å². The summed E-state index contributed by atoms with van der Waals surface area (Å²) >= 11 is 0. The van der Waals surface area contributed by atoms with Gasteiger partial charge in [-0.25, -0.2) is 4.98 Å². The van der Waals surface area contributed by atoms with E-state index >= 15 is 0 Å². The van der Waals surface area contributed by atoms with Crippen molar-refractivity contribution in [2.24, 2.45) is 0 Å². The molecule has 1 aromatic heterocycles. The first kappa shape index (κ1) is 13.5. The topological polar surface area (TPSA) is 47.0 Å². The largest absolute Gasteiger partial charge is 0.480 e. The molecule has 0 bridgehead atoms. The molecule has 0 aliphatic rings. The molecule has 2 aromatic rings. The van der Waals surface area contributed by atoms with Crippen LogP contribution >= 0.6 is 0 Å². The molecule has 1 atom stereocenters. The van der Waals surface area contributed by atoms with E-state index in [2.05, 4.69) is 46.5 Å². The SMILES string of the molecule is CNC(Cc1cccc(C)c1)c1nccnc1OC. The lowest BCUT2D eigenvalue weighted by atomic mass is 10.0. The predicted molar refractivity (Wildman–Crippen MR) is 75.3 cm³/mol. The lowest BCUT2D eigenvalue weighted by Crippen LogP contribution is -2.21. The van der Waals surface area contributed by atoms with Crippen LogP contribution in [0, 0.1) is 6.92 Å². The highest BCUT2D eigenvalue weighted by Crippen LogP contribution is 2.23. The third-order valence-electron chi connectivity index (χ3n) is 3.09. The van der Waals surface area contributed by atoms with Crippen LogP contribution in [0.25, 0.3) is 0 Å². The molecular formula is C15H19N3O. The molecule has 2 rings (SSSR count). The van der Waals surface area contributed by atoms with E-state index in [4.69, 9.17) is 4.74 Å². The van der Waals surface area contributed by atoms with Crippen molar-refractivity contribution in [3.8, 4) is 5.88 Å². The number of nitrogens with zero attached hydrogens (tertiary/aromatic N) is 2. The number of methoxy groups -OCH3 is 1. The number of hydrogen-bond acceptors (Lipinski definition) is 4. The number of aromatic nitrogens is 2. The van der Waals surface area contributed by atoms with Gasteiger partial charge in [0.1, 0.15) is 5.69 Å². The van der Waals surface area contributed by atoms with Gasteiger partial charge in [0.2, 0.25) is 5.88 Å². The van der Waals surface area contributed by atoms with Crippen molar-refractivity contribution in [3.63, 3.8) is 0 Å². The average Bonchev–Trinajstić information content (AvgIpc) is 2.45. The van der Waals surface area contributed by atoms with Gasteiger partial charge in [0.05, 0.1) is 13.2 Å². The fourth-order valence-electron chi connectivity index (χ4n) is 2.14. The molecule has 4 heteroatoms. The summed E-state index contributed by atoms with van der Waals surface area (Å²) in [5.41, 5.74) is 3.37. The monoisotopic (exact) mass is 257 g/mol. The normalized spacial score (nSPS) is 12.2. The second-order valence-electron chi connectivity index (χ2n) is 4.49. The molecule has 1 aromatic carbocycles. The second-order valence-corrected chi connectivity index (χ2v) is 4.49. The van der Waals surface area contributed by atoms with Crippen molar-refractivity contribution in [1.82, 2.24) is 15.3 Å². The summed E-state index contributed by atoms with van der Waals surface area (Å²) in [6.07, 6.45) is 4.19. The zero-order valence-electron chi connectivity index (χ0n) is 11.6. The molecule has 0 fully saturated rings. The zero-order valence-corrected chi connectivity index (χ0v) is 11.6. The first-order valence-electron chi connectivity index (χ1n) is 6.32. The Balaban J connectivity index is 2.25. The minimum Gasteiger partial charge on any atom is -0.480 e. The molecule has 0 amide bonds. The number of rotatable bonds is 5. The molecule has 0 spiro atoms. The average molecular weight is 257 g/mol. The maximum atomic E-state index is 5.28. The Labute approximate surface area is 113 Å². The number of aryl methyl sites for hydroxylation is 1. The maximum Gasteiger partial charge on any atom is 0.237 e. The van der Waals surface area contributed by atoms with E-state index in [1.807, 2.05) is 7.05 Å². The molecule has 19 heavy (non-hydrogen) atoms. The molecule has 100 valence electrons. The number of hydrogen-bond donors (Lipinski definition) is 1. The molecule has 0 saturated heterocycles. The summed E-state index contributed by atoms with van der Waals surface area (Å²) in [5.74, 6) is 0.578. The van der Waals surface area contributed by atoms with Crippen molar-refractivity contribution >= 4 is 0 Å². The standard InChI is InChI=1S/C15H19N3O/c1-11-5-4-6-12(9-11)10-13(16-2)14-15(19-3)18-8-7-17-14/h4-9,13,16H,10H2,1-3H3. The van der Waals surface area contributed by atoms with Gasteiger partial charge in [-0.1, -0.05) is 29.8 Å². The van der Waals surface area contributed by atoms with Gasteiger partial charge in [0.25, 0.3) is 0 Å². The Morgan fingerprint density at radius 2 is 2.05 bits per heavy atom. The predicted octanol–water partition coefficient (Wildman–Crippen LogP) is 2.30. The minimum absolute atomic E-state index is 0.0884. The molecule has 0 radical (unpaired) electrons. The number of nitrogens with one attached hydrogen (secondary N) is 1.